The number of benzene rings is 2. The average molecular weight is 430 g/mol. The number of rotatable bonds is 5. The van der Waals surface area contributed by atoms with Gasteiger partial charge < -0.3 is 14.2 Å². The highest BCUT2D eigenvalue weighted by Gasteiger charge is 2.32. The van der Waals surface area contributed by atoms with E-state index in [1.807, 2.05) is 18.3 Å². The third-order valence-corrected chi connectivity index (χ3v) is 7.13. The highest BCUT2D eigenvalue weighted by Crippen LogP contribution is 2.31. The summed E-state index contributed by atoms with van der Waals surface area (Å²) in [7, 11) is 1.69. The molecule has 2 aromatic carbocycles. The third-order valence-electron chi connectivity index (χ3n) is 7.13. The van der Waals surface area contributed by atoms with E-state index in [9.17, 15) is 4.79 Å². The van der Waals surface area contributed by atoms with Gasteiger partial charge in [0.25, 0.3) is 0 Å². The Kier molecular flexibility index (Phi) is 5.97. The lowest BCUT2D eigenvalue weighted by Gasteiger charge is -2.35. The van der Waals surface area contributed by atoms with Crippen LogP contribution in [0.25, 0.3) is 0 Å². The zero-order chi connectivity index (χ0) is 21.9. The molecular weight excluding hydrogens is 398 g/mol. The number of aromatic nitrogens is 2. The number of nitrogens with zero attached hydrogens (tertiary/aromatic N) is 3. The van der Waals surface area contributed by atoms with Gasteiger partial charge in [-0.15, -0.1) is 0 Å². The third kappa shape index (κ3) is 4.29. The second-order valence-corrected chi connectivity index (χ2v) is 9.07. The van der Waals surface area contributed by atoms with E-state index in [1.54, 1.807) is 7.11 Å². The zero-order valence-corrected chi connectivity index (χ0v) is 18.7. The maximum absolute atomic E-state index is 13.2. The summed E-state index contributed by atoms with van der Waals surface area (Å²) in [5.74, 6) is 2.90. The number of carbonyl (C=O) groups is 1. The Balaban J connectivity index is 1.19. The summed E-state index contributed by atoms with van der Waals surface area (Å²) < 4.78 is 7.51. The Hall–Kier alpha value is -3.08. The number of amides is 1. The molecule has 1 aromatic heterocycles. The lowest BCUT2D eigenvalue weighted by molar-refractivity contribution is -0.137. The van der Waals surface area contributed by atoms with Gasteiger partial charge in [0.2, 0.25) is 5.91 Å². The van der Waals surface area contributed by atoms with E-state index >= 15 is 0 Å². The van der Waals surface area contributed by atoms with Crippen LogP contribution in [-0.4, -0.2) is 40.6 Å². The molecule has 0 saturated carbocycles. The molecule has 32 heavy (non-hydrogen) atoms. The van der Waals surface area contributed by atoms with Crippen molar-refractivity contribution in [2.24, 2.45) is 5.92 Å². The molecule has 3 aromatic rings. The van der Waals surface area contributed by atoms with Crippen LogP contribution in [0, 0.1) is 5.92 Å². The second-order valence-electron chi connectivity index (χ2n) is 9.07. The zero-order valence-electron chi connectivity index (χ0n) is 18.7. The fourth-order valence-corrected chi connectivity index (χ4v) is 5.27. The first kappa shape index (κ1) is 20.8. The number of carbonyl (C=O) groups excluding carboxylic acids is 1. The summed E-state index contributed by atoms with van der Waals surface area (Å²) in [6, 6.07) is 16.8. The lowest BCUT2D eigenvalue weighted by Crippen LogP contribution is -2.43. The maximum atomic E-state index is 13.2. The maximum Gasteiger partial charge on any atom is 0.226 e. The molecule has 0 spiro atoms. The molecule has 2 aliphatic rings. The van der Waals surface area contributed by atoms with Crippen LogP contribution < -0.4 is 4.74 Å². The smallest absolute Gasteiger partial charge is 0.226 e. The summed E-state index contributed by atoms with van der Waals surface area (Å²) in [6.45, 7) is 2.47. The van der Waals surface area contributed by atoms with Crippen molar-refractivity contribution in [1.82, 2.24) is 14.5 Å². The van der Waals surface area contributed by atoms with Gasteiger partial charge >= 0.3 is 0 Å². The molecule has 0 N–H and O–H groups in total. The molecule has 1 unspecified atom stereocenters. The molecule has 1 aliphatic heterocycles. The van der Waals surface area contributed by atoms with Crippen LogP contribution in [0.15, 0.2) is 60.9 Å². The van der Waals surface area contributed by atoms with Gasteiger partial charge in [0, 0.05) is 43.9 Å². The van der Waals surface area contributed by atoms with Crippen LogP contribution in [0.2, 0.25) is 0 Å². The van der Waals surface area contributed by atoms with Gasteiger partial charge in [0.1, 0.15) is 11.6 Å². The molecular formula is C27H31N3O2. The van der Waals surface area contributed by atoms with Crippen molar-refractivity contribution in [3.05, 3.63) is 83.4 Å². The molecule has 1 fully saturated rings. The normalized spacial score (nSPS) is 18.9. The van der Waals surface area contributed by atoms with Crippen LogP contribution in [0.4, 0.5) is 0 Å². The minimum Gasteiger partial charge on any atom is -0.497 e. The van der Waals surface area contributed by atoms with Gasteiger partial charge in [-0.3, -0.25) is 4.79 Å². The molecule has 0 radical (unpaired) electrons. The summed E-state index contributed by atoms with van der Waals surface area (Å²) in [5.41, 5.74) is 4.00. The van der Waals surface area contributed by atoms with E-state index in [-0.39, 0.29) is 5.92 Å². The number of imidazole rings is 1. The highest BCUT2D eigenvalue weighted by atomic mass is 16.5. The van der Waals surface area contributed by atoms with Crippen molar-refractivity contribution in [1.29, 1.82) is 0 Å². The number of methoxy groups -OCH3 is 1. The molecule has 1 amide bonds. The molecule has 5 heteroatoms. The van der Waals surface area contributed by atoms with Crippen molar-refractivity contribution < 1.29 is 9.53 Å². The first-order chi connectivity index (χ1) is 15.7. The number of piperidine rings is 1. The standard InChI is InChI=1S/C27H31N3O2/c1-32-25-10-6-20(7-11-25)19-30-17-14-28-26(30)22-12-15-29(16-13-22)27(31)24-9-8-21-4-2-3-5-23(21)18-24/h2-7,10-11,14,17,22,24H,8-9,12-13,15-16,18-19H2,1H3. The van der Waals surface area contributed by atoms with Crippen LogP contribution in [0.1, 0.15) is 47.7 Å². The monoisotopic (exact) mass is 429 g/mol. The average Bonchev–Trinajstić information content (AvgIpc) is 3.32. The Morgan fingerprint density at radius 2 is 1.78 bits per heavy atom. The number of ether oxygens (including phenoxy) is 1. The van der Waals surface area contributed by atoms with Gasteiger partial charge in [0.15, 0.2) is 0 Å². The van der Waals surface area contributed by atoms with Crippen molar-refractivity contribution in [2.75, 3.05) is 20.2 Å². The van der Waals surface area contributed by atoms with E-state index in [2.05, 4.69) is 57.0 Å². The SMILES string of the molecule is COc1ccc(Cn2ccnc2C2CCN(C(=O)C3CCc4ccccc4C3)CC2)cc1. The Bertz CT molecular complexity index is 1060. The summed E-state index contributed by atoms with van der Waals surface area (Å²) in [4.78, 5) is 20.0. The second kappa shape index (κ2) is 9.19. The lowest BCUT2D eigenvalue weighted by atomic mass is 9.82. The molecule has 1 atom stereocenters. The predicted molar refractivity (Wildman–Crippen MR) is 125 cm³/mol. The number of hydrogen-bond donors (Lipinski definition) is 0. The Morgan fingerprint density at radius 3 is 2.53 bits per heavy atom. The van der Waals surface area contributed by atoms with Gasteiger partial charge in [-0.2, -0.15) is 0 Å². The number of likely N-dealkylation sites (tertiary alicyclic amines) is 1. The molecule has 1 aliphatic carbocycles. The van der Waals surface area contributed by atoms with Crippen LogP contribution in [-0.2, 0) is 24.2 Å². The Morgan fingerprint density at radius 1 is 1.03 bits per heavy atom. The highest BCUT2D eigenvalue weighted by molar-refractivity contribution is 5.79. The minimum atomic E-state index is 0.138. The number of aryl methyl sites for hydroxylation is 1. The summed E-state index contributed by atoms with van der Waals surface area (Å²) >= 11 is 0. The number of fused-ring (bicyclic) bond motifs is 1. The van der Waals surface area contributed by atoms with E-state index in [0.29, 0.717) is 11.8 Å². The topological polar surface area (TPSA) is 47.4 Å². The van der Waals surface area contributed by atoms with Crippen molar-refractivity contribution in [3.8, 4) is 5.75 Å². The Labute approximate surface area is 190 Å². The van der Waals surface area contributed by atoms with Gasteiger partial charge in [0.05, 0.1) is 7.11 Å². The van der Waals surface area contributed by atoms with Gasteiger partial charge in [-0.1, -0.05) is 36.4 Å². The van der Waals surface area contributed by atoms with Crippen molar-refractivity contribution >= 4 is 5.91 Å². The van der Waals surface area contributed by atoms with Crippen molar-refractivity contribution in [2.45, 2.75) is 44.6 Å². The van der Waals surface area contributed by atoms with Crippen molar-refractivity contribution in [3.63, 3.8) is 0 Å². The fraction of sp³-hybridized carbons (Fsp3) is 0.407. The number of hydrogen-bond acceptors (Lipinski definition) is 3. The molecule has 166 valence electrons. The first-order valence-electron chi connectivity index (χ1n) is 11.7. The first-order valence-corrected chi connectivity index (χ1v) is 11.7. The van der Waals surface area contributed by atoms with E-state index in [1.165, 1.54) is 16.7 Å². The van der Waals surface area contributed by atoms with E-state index in [0.717, 1.165) is 63.3 Å². The van der Waals surface area contributed by atoms with Crippen LogP contribution in [0.3, 0.4) is 0 Å². The minimum absolute atomic E-state index is 0.138. The largest absolute Gasteiger partial charge is 0.497 e. The van der Waals surface area contributed by atoms with E-state index < -0.39 is 0 Å². The van der Waals surface area contributed by atoms with Crippen LogP contribution in [0.5, 0.6) is 5.75 Å². The molecule has 2 heterocycles. The van der Waals surface area contributed by atoms with Crippen LogP contribution >= 0.6 is 0 Å². The molecule has 0 bridgehead atoms. The quantitative estimate of drug-likeness (QED) is 0.602. The molecule has 1 saturated heterocycles. The van der Waals surface area contributed by atoms with Gasteiger partial charge in [-0.05, 0) is 60.9 Å². The predicted octanol–water partition coefficient (Wildman–Crippen LogP) is 4.45. The summed E-state index contributed by atoms with van der Waals surface area (Å²) in [6.07, 6.45) is 8.81. The molecule has 5 rings (SSSR count). The fourth-order valence-electron chi connectivity index (χ4n) is 5.27. The summed E-state index contributed by atoms with van der Waals surface area (Å²) in [5, 5.41) is 0. The molecule has 5 nitrogen and oxygen atoms in total. The van der Waals surface area contributed by atoms with Gasteiger partial charge in [-0.25, -0.2) is 4.98 Å². The van der Waals surface area contributed by atoms with E-state index in [4.69, 9.17) is 4.74 Å².